The molecule has 0 aliphatic heterocycles. The molecule has 0 saturated carbocycles. The van der Waals surface area contributed by atoms with Gasteiger partial charge in [0.2, 0.25) is 0 Å². The number of carbonyl (C=O) groups is 1. The first kappa shape index (κ1) is 17.0. The van der Waals surface area contributed by atoms with Gasteiger partial charge in [-0.05, 0) is 58.8 Å². The lowest BCUT2D eigenvalue weighted by Gasteiger charge is -2.31. The Bertz CT molecular complexity index is 386. The van der Waals surface area contributed by atoms with Crippen molar-refractivity contribution in [1.82, 2.24) is 0 Å². The zero-order chi connectivity index (χ0) is 15.2. The Morgan fingerprint density at radius 3 is 2.65 bits per heavy atom. The second kappa shape index (κ2) is 7.66. The first-order valence-electron chi connectivity index (χ1n) is 7.82. The Hall–Kier alpha value is -1.05. The minimum absolute atomic E-state index is 0.0224. The van der Waals surface area contributed by atoms with Gasteiger partial charge in [0, 0.05) is 0 Å². The Labute approximate surface area is 124 Å². The molecule has 0 aromatic carbocycles. The molecular weight excluding hydrogens is 248 g/mol. The molecule has 0 aromatic rings. The molecule has 20 heavy (non-hydrogen) atoms. The maximum atomic E-state index is 12.2. The quantitative estimate of drug-likeness (QED) is 0.502. The van der Waals surface area contributed by atoms with Gasteiger partial charge in [0.15, 0.2) is 0 Å². The van der Waals surface area contributed by atoms with Crippen molar-refractivity contribution in [3.63, 3.8) is 0 Å². The molecule has 0 heterocycles. The largest absolute Gasteiger partial charge is 0.465 e. The van der Waals surface area contributed by atoms with Gasteiger partial charge < -0.3 is 4.74 Å². The molecular formula is C18H30O2. The highest BCUT2D eigenvalue weighted by molar-refractivity contribution is 5.77. The van der Waals surface area contributed by atoms with Crippen molar-refractivity contribution in [2.75, 3.05) is 6.61 Å². The van der Waals surface area contributed by atoms with Crippen LogP contribution in [0, 0.1) is 11.3 Å². The summed E-state index contributed by atoms with van der Waals surface area (Å²) in [7, 11) is 0. The number of allylic oxidation sites excluding steroid dienone is 4. The lowest BCUT2D eigenvalue weighted by Crippen LogP contribution is -2.32. The summed E-state index contributed by atoms with van der Waals surface area (Å²) in [6, 6.07) is 0. The minimum atomic E-state index is -0.311. The fourth-order valence-electron chi connectivity index (χ4n) is 2.39. The number of esters is 1. The maximum absolute atomic E-state index is 12.2. The summed E-state index contributed by atoms with van der Waals surface area (Å²) >= 11 is 0. The monoisotopic (exact) mass is 278 g/mol. The first-order valence-corrected chi connectivity index (χ1v) is 7.82. The number of rotatable bonds is 6. The molecule has 2 heteroatoms. The van der Waals surface area contributed by atoms with E-state index in [-0.39, 0.29) is 11.4 Å². The fraction of sp³-hybridized carbons (Fsp3) is 0.722. The summed E-state index contributed by atoms with van der Waals surface area (Å²) in [6.45, 7) is 11.0. The van der Waals surface area contributed by atoms with Crippen molar-refractivity contribution in [3.05, 3.63) is 23.3 Å². The smallest absolute Gasteiger partial charge is 0.312 e. The van der Waals surface area contributed by atoms with Crippen molar-refractivity contribution >= 4 is 5.97 Å². The average Bonchev–Trinajstić information content (AvgIpc) is 2.38. The number of carbonyl (C=O) groups excluding carboxylic acids is 1. The summed E-state index contributed by atoms with van der Waals surface area (Å²) in [5.41, 5.74) is 2.56. The predicted octanol–water partition coefficient (Wildman–Crippen LogP) is 5.05. The van der Waals surface area contributed by atoms with Gasteiger partial charge in [-0.15, -0.1) is 0 Å². The highest BCUT2D eigenvalue weighted by Crippen LogP contribution is 2.37. The summed E-state index contributed by atoms with van der Waals surface area (Å²) in [5, 5.41) is 0. The molecule has 0 radical (unpaired) electrons. The van der Waals surface area contributed by atoms with Crippen LogP contribution in [0.15, 0.2) is 23.3 Å². The van der Waals surface area contributed by atoms with E-state index in [2.05, 4.69) is 39.8 Å². The molecule has 0 N–H and O–H groups in total. The highest BCUT2D eigenvalue weighted by Gasteiger charge is 2.35. The van der Waals surface area contributed by atoms with Gasteiger partial charge in [-0.25, -0.2) is 0 Å². The van der Waals surface area contributed by atoms with Crippen LogP contribution in [0.1, 0.15) is 66.7 Å². The van der Waals surface area contributed by atoms with Crippen molar-refractivity contribution in [1.29, 1.82) is 0 Å². The van der Waals surface area contributed by atoms with Crippen molar-refractivity contribution in [2.24, 2.45) is 11.3 Å². The van der Waals surface area contributed by atoms with Crippen LogP contribution in [0.3, 0.4) is 0 Å². The second-order valence-electron chi connectivity index (χ2n) is 6.94. The average molecular weight is 278 g/mol. The molecule has 2 nitrogen and oxygen atoms in total. The van der Waals surface area contributed by atoms with Crippen LogP contribution >= 0.6 is 0 Å². The fourth-order valence-corrected chi connectivity index (χ4v) is 2.39. The van der Waals surface area contributed by atoms with Crippen molar-refractivity contribution < 1.29 is 9.53 Å². The topological polar surface area (TPSA) is 26.3 Å². The van der Waals surface area contributed by atoms with Gasteiger partial charge in [-0.2, -0.15) is 0 Å². The van der Waals surface area contributed by atoms with E-state index < -0.39 is 0 Å². The van der Waals surface area contributed by atoms with Gasteiger partial charge in [-0.3, -0.25) is 4.79 Å². The van der Waals surface area contributed by atoms with Crippen LogP contribution in [0.4, 0.5) is 0 Å². The Kier molecular flexibility index (Phi) is 6.51. The predicted molar refractivity (Wildman–Crippen MR) is 84.5 cm³/mol. The van der Waals surface area contributed by atoms with Gasteiger partial charge in [0.05, 0.1) is 12.0 Å². The first-order chi connectivity index (χ1) is 9.33. The van der Waals surface area contributed by atoms with E-state index >= 15 is 0 Å². The molecule has 0 fully saturated rings. The lowest BCUT2D eigenvalue weighted by molar-refractivity contribution is -0.156. The van der Waals surface area contributed by atoms with E-state index in [4.69, 9.17) is 4.74 Å². The van der Waals surface area contributed by atoms with E-state index in [0.717, 1.165) is 32.1 Å². The van der Waals surface area contributed by atoms with Crippen LogP contribution in [0.25, 0.3) is 0 Å². The maximum Gasteiger partial charge on any atom is 0.312 e. The molecule has 114 valence electrons. The van der Waals surface area contributed by atoms with E-state index in [1.807, 2.05) is 6.92 Å². The zero-order valence-electron chi connectivity index (χ0n) is 13.8. The summed E-state index contributed by atoms with van der Waals surface area (Å²) in [5.74, 6) is 0.382. The lowest BCUT2D eigenvalue weighted by atomic mass is 9.76. The minimum Gasteiger partial charge on any atom is -0.465 e. The Morgan fingerprint density at radius 1 is 1.45 bits per heavy atom. The molecule has 0 saturated heterocycles. The number of hydrogen-bond donors (Lipinski definition) is 0. The van der Waals surface area contributed by atoms with Gasteiger partial charge in [-0.1, -0.05) is 37.1 Å². The molecule has 1 aliphatic carbocycles. The molecule has 0 bridgehead atoms. The summed E-state index contributed by atoms with van der Waals surface area (Å²) in [4.78, 5) is 12.2. The summed E-state index contributed by atoms with van der Waals surface area (Å²) < 4.78 is 5.42. The zero-order valence-corrected chi connectivity index (χ0v) is 13.8. The Balaban J connectivity index is 2.47. The summed E-state index contributed by atoms with van der Waals surface area (Å²) in [6.07, 6.45) is 9.57. The van der Waals surface area contributed by atoms with Crippen LogP contribution in [0.5, 0.6) is 0 Å². The van der Waals surface area contributed by atoms with Gasteiger partial charge in [0.1, 0.15) is 0 Å². The van der Waals surface area contributed by atoms with Crippen LogP contribution < -0.4 is 0 Å². The number of hydrogen-bond acceptors (Lipinski definition) is 2. The van der Waals surface area contributed by atoms with E-state index in [1.54, 1.807) is 0 Å². The third kappa shape index (κ3) is 5.52. The Morgan fingerprint density at radius 2 is 2.15 bits per heavy atom. The van der Waals surface area contributed by atoms with E-state index in [0.29, 0.717) is 12.5 Å². The molecule has 1 unspecified atom stereocenters. The molecule has 1 rings (SSSR count). The van der Waals surface area contributed by atoms with Crippen LogP contribution in [-0.2, 0) is 9.53 Å². The molecule has 1 aliphatic rings. The molecule has 0 aromatic heterocycles. The molecule has 0 spiro atoms. The second-order valence-corrected chi connectivity index (χ2v) is 6.94. The normalized spacial score (nSPS) is 22.4. The van der Waals surface area contributed by atoms with Crippen LogP contribution in [-0.4, -0.2) is 12.6 Å². The highest BCUT2D eigenvalue weighted by atomic mass is 16.5. The third-order valence-corrected chi connectivity index (χ3v) is 3.90. The van der Waals surface area contributed by atoms with Gasteiger partial charge >= 0.3 is 5.97 Å². The van der Waals surface area contributed by atoms with Crippen molar-refractivity contribution in [3.8, 4) is 0 Å². The number of ether oxygens (including phenoxy) is 1. The third-order valence-electron chi connectivity index (χ3n) is 3.90. The van der Waals surface area contributed by atoms with Gasteiger partial charge in [0.25, 0.3) is 0 Å². The van der Waals surface area contributed by atoms with Crippen molar-refractivity contribution in [2.45, 2.75) is 66.7 Å². The van der Waals surface area contributed by atoms with E-state index in [1.165, 1.54) is 11.1 Å². The molecule has 0 amide bonds. The SMILES string of the molecule is CC(C)=CCCC1=CCC(C)(C(=O)OCC(C)C)CC1. The molecule has 1 atom stereocenters. The van der Waals surface area contributed by atoms with Crippen LogP contribution in [0.2, 0.25) is 0 Å². The van der Waals surface area contributed by atoms with E-state index in [9.17, 15) is 4.79 Å². The standard InChI is InChI=1S/C18H30O2/c1-14(2)7-6-8-16-9-11-18(5,12-10-16)17(19)20-13-15(3)4/h7,9,15H,6,8,10-13H2,1-5H3.